The summed E-state index contributed by atoms with van der Waals surface area (Å²) in [7, 11) is 4.13. The number of carbonyl (C=O) groups excluding carboxylic acids is 1. The highest BCUT2D eigenvalue weighted by atomic mass is 16.2. The lowest BCUT2D eigenvalue weighted by molar-refractivity contribution is -0.130. The molecule has 3 atom stereocenters. The standard InChI is InChI=1S/C13H27N3O/c1-6-10(2)12-13(17)16(11(3)14-12)9-7-8-15(4)5/h10-12,14H,6-9H2,1-5H3. The number of hydrogen-bond acceptors (Lipinski definition) is 3. The predicted molar refractivity (Wildman–Crippen MR) is 70.7 cm³/mol. The Morgan fingerprint density at radius 2 is 2.12 bits per heavy atom. The summed E-state index contributed by atoms with van der Waals surface area (Å²) in [6, 6.07) is 0.0226. The molecule has 0 aliphatic carbocycles. The molecule has 1 aliphatic rings. The van der Waals surface area contributed by atoms with Crippen LogP contribution >= 0.6 is 0 Å². The summed E-state index contributed by atoms with van der Waals surface area (Å²) in [5.41, 5.74) is 0. The van der Waals surface area contributed by atoms with Gasteiger partial charge in [-0.25, -0.2) is 0 Å². The van der Waals surface area contributed by atoms with Crippen molar-refractivity contribution in [2.24, 2.45) is 5.92 Å². The van der Waals surface area contributed by atoms with Gasteiger partial charge in [-0.15, -0.1) is 0 Å². The third-order valence-electron chi connectivity index (χ3n) is 3.65. The van der Waals surface area contributed by atoms with Crippen LogP contribution in [0.25, 0.3) is 0 Å². The van der Waals surface area contributed by atoms with Gasteiger partial charge in [0.25, 0.3) is 0 Å². The zero-order valence-electron chi connectivity index (χ0n) is 11.9. The molecule has 0 spiro atoms. The van der Waals surface area contributed by atoms with E-state index in [4.69, 9.17) is 0 Å². The molecule has 0 radical (unpaired) electrons. The molecule has 0 aromatic carbocycles. The van der Waals surface area contributed by atoms with Crippen LogP contribution in [0.4, 0.5) is 0 Å². The van der Waals surface area contributed by atoms with Crippen molar-refractivity contribution in [1.82, 2.24) is 15.1 Å². The summed E-state index contributed by atoms with van der Waals surface area (Å²) < 4.78 is 0. The minimum atomic E-state index is 0.0226. The molecule has 1 rings (SSSR count). The lowest BCUT2D eigenvalue weighted by atomic mass is 9.99. The topological polar surface area (TPSA) is 35.6 Å². The minimum absolute atomic E-state index is 0.0226. The highest BCUT2D eigenvalue weighted by molar-refractivity contribution is 5.84. The summed E-state index contributed by atoms with van der Waals surface area (Å²) >= 11 is 0. The van der Waals surface area contributed by atoms with Crippen LogP contribution in [-0.4, -0.2) is 55.1 Å². The van der Waals surface area contributed by atoms with Crippen molar-refractivity contribution in [1.29, 1.82) is 0 Å². The maximum atomic E-state index is 12.2. The smallest absolute Gasteiger partial charge is 0.241 e. The monoisotopic (exact) mass is 241 g/mol. The summed E-state index contributed by atoms with van der Waals surface area (Å²) in [5.74, 6) is 0.703. The van der Waals surface area contributed by atoms with E-state index in [1.807, 2.05) is 4.90 Å². The number of rotatable bonds is 6. The molecule has 100 valence electrons. The van der Waals surface area contributed by atoms with Gasteiger partial charge in [-0.1, -0.05) is 20.3 Å². The average molecular weight is 241 g/mol. The normalized spacial score (nSPS) is 26.9. The van der Waals surface area contributed by atoms with Gasteiger partial charge < -0.3 is 9.80 Å². The molecule has 0 bridgehead atoms. The van der Waals surface area contributed by atoms with E-state index in [0.29, 0.717) is 5.92 Å². The highest BCUT2D eigenvalue weighted by Crippen LogP contribution is 2.19. The zero-order chi connectivity index (χ0) is 13.0. The van der Waals surface area contributed by atoms with Crippen LogP contribution in [-0.2, 0) is 4.79 Å². The van der Waals surface area contributed by atoms with E-state index < -0.39 is 0 Å². The first kappa shape index (κ1) is 14.5. The minimum Gasteiger partial charge on any atom is -0.326 e. The number of hydrogen-bond donors (Lipinski definition) is 1. The SMILES string of the molecule is CCC(C)C1NC(C)N(CCCN(C)C)C1=O. The van der Waals surface area contributed by atoms with Crippen LogP contribution in [0, 0.1) is 5.92 Å². The van der Waals surface area contributed by atoms with Crippen LogP contribution in [0.2, 0.25) is 0 Å². The summed E-state index contributed by atoms with van der Waals surface area (Å²) in [6.07, 6.45) is 2.27. The Morgan fingerprint density at radius 1 is 1.47 bits per heavy atom. The van der Waals surface area contributed by atoms with Crippen LogP contribution in [0.1, 0.15) is 33.6 Å². The van der Waals surface area contributed by atoms with Crippen molar-refractivity contribution in [3.05, 3.63) is 0 Å². The fourth-order valence-corrected chi connectivity index (χ4v) is 2.30. The second-order valence-electron chi connectivity index (χ2n) is 5.39. The number of carbonyl (C=O) groups is 1. The molecular formula is C13H27N3O. The Hall–Kier alpha value is -0.610. The molecule has 0 aromatic heterocycles. The fraction of sp³-hybridized carbons (Fsp3) is 0.923. The van der Waals surface area contributed by atoms with Gasteiger partial charge in [-0.2, -0.15) is 0 Å². The lowest BCUT2D eigenvalue weighted by Gasteiger charge is -2.21. The molecule has 1 aliphatic heterocycles. The molecule has 1 N–H and O–H groups in total. The van der Waals surface area contributed by atoms with Gasteiger partial charge in [0.05, 0.1) is 12.2 Å². The van der Waals surface area contributed by atoms with Crippen LogP contribution in [0.15, 0.2) is 0 Å². The summed E-state index contributed by atoms with van der Waals surface area (Å²) in [4.78, 5) is 16.4. The van der Waals surface area contributed by atoms with E-state index in [-0.39, 0.29) is 18.1 Å². The first-order valence-electron chi connectivity index (χ1n) is 6.68. The molecule has 4 nitrogen and oxygen atoms in total. The Morgan fingerprint density at radius 3 is 2.65 bits per heavy atom. The van der Waals surface area contributed by atoms with Gasteiger partial charge in [-0.05, 0) is 39.9 Å². The molecule has 0 saturated carbocycles. The highest BCUT2D eigenvalue weighted by Gasteiger charge is 2.38. The average Bonchev–Trinajstić information content (AvgIpc) is 2.55. The Kier molecular flexibility index (Phi) is 5.40. The second kappa shape index (κ2) is 6.36. The third kappa shape index (κ3) is 3.68. The fourth-order valence-electron chi connectivity index (χ4n) is 2.30. The van der Waals surface area contributed by atoms with Crippen molar-refractivity contribution in [2.45, 2.75) is 45.8 Å². The van der Waals surface area contributed by atoms with Crippen LogP contribution in [0.5, 0.6) is 0 Å². The van der Waals surface area contributed by atoms with Gasteiger partial charge in [0, 0.05) is 6.54 Å². The molecule has 4 heteroatoms. The molecule has 1 fully saturated rings. The molecule has 1 saturated heterocycles. The maximum absolute atomic E-state index is 12.2. The zero-order valence-corrected chi connectivity index (χ0v) is 11.9. The van der Waals surface area contributed by atoms with E-state index >= 15 is 0 Å². The van der Waals surface area contributed by atoms with Gasteiger partial charge in [0.2, 0.25) is 5.91 Å². The third-order valence-corrected chi connectivity index (χ3v) is 3.65. The molecule has 17 heavy (non-hydrogen) atoms. The van der Waals surface area contributed by atoms with Crippen molar-refractivity contribution in [2.75, 3.05) is 27.2 Å². The van der Waals surface area contributed by atoms with E-state index in [2.05, 4.69) is 45.1 Å². The quantitative estimate of drug-likeness (QED) is 0.757. The summed E-state index contributed by atoms with van der Waals surface area (Å²) in [5, 5.41) is 3.41. The molecular weight excluding hydrogens is 214 g/mol. The Labute approximate surface area is 105 Å². The number of nitrogens with one attached hydrogen (secondary N) is 1. The number of amides is 1. The number of nitrogens with zero attached hydrogens (tertiary/aromatic N) is 2. The summed E-state index contributed by atoms with van der Waals surface area (Å²) in [6.45, 7) is 8.25. The largest absolute Gasteiger partial charge is 0.326 e. The van der Waals surface area contributed by atoms with Gasteiger partial charge in [0.1, 0.15) is 0 Å². The molecule has 1 heterocycles. The van der Waals surface area contributed by atoms with E-state index in [1.54, 1.807) is 0 Å². The van der Waals surface area contributed by atoms with Crippen LogP contribution in [0.3, 0.4) is 0 Å². The van der Waals surface area contributed by atoms with Crippen molar-refractivity contribution in [3.63, 3.8) is 0 Å². The van der Waals surface area contributed by atoms with E-state index in [0.717, 1.165) is 25.9 Å². The molecule has 3 unspecified atom stereocenters. The van der Waals surface area contributed by atoms with Crippen molar-refractivity contribution >= 4 is 5.91 Å². The predicted octanol–water partition coefficient (Wildman–Crippen LogP) is 1.13. The maximum Gasteiger partial charge on any atom is 0.241 e. The van der Waals surface area contributed by atoms with E-state index in [9.17, 15) is 4.79 Å². The van der Waals surface area contributed by atoms with Gasteiger partial charge >= 0.3 is 0 Å². The Bertz CT molecular complexity index is 255. The van der Waals surface area contributed by atoms with Gasteiger partial charge in [-0.3, -0.25) is 10.1 Å². The first-order valence-corrected chi connectivity index (χ1v) is 6.68. The van der Waals surface area contributed by atoms with Crippen LogP contribution < -0.4 is 5.32 Å². The second-order valence-corrected chi connectivity index (χ2v) is 5.39. The van der Waals surface area contributed by atoms with E-state index in [1.165, 1.54) is 0 Å². The lowest BCUT2D eigenvalue weighted by Crippen LogP contribution is -2.36. The Balaban J connectivity index is 2.48. The van der Waals surface area contributed by atoms with Crippen molar-refractivity contribution < 1.29 is 4.79 Å². The first-order chi connectivity index (χ1) is 7.97. The van der Waals surface area contributed by atoms with Gasteiger partial charge in [0.15, 0.2) is 0 Å². The molecule has 1 amide bonds. The van der Waals surface area contributed by atoms with Crippen molar-refractivity contribution in [3.8, 4) is 0 Å². The molecule has 0 aromatic rings.